The van der Waals surface area contributed by atoms with Gasteiger partial charge in [0.1, 0.15) is 11.6 Å². The molecule has 2 aromatic rings. The highest BCUT2D eigenvalue weighted by atomic mass is 35.5. The fraction of sp³-hybridized carbons (Fsp3) is 0.176. The van der Waals surface area contributed by atoms with Crippen LogP contribution in [0, 0.1) is 0 Å². The van der Waals surface area contributed by atoms with Crippen molar-refractivity contribution in [3.05, 3.63) is 58.9 Å². The minimum Gasteiger partial charge on any atom is -0.480 e. The maximum Gasteiger partial charge on any atom is 0.266 e. The van der Waals surface area contributed by atoms with Gasteiger partial charge < -0.3 is 10.1 Å². The zero-order valence-electron chi connectivity index (χ0n) is 12.6. The molecule has 3 heterocycles. The van der Waals surface area contributed by atoms with E-state index in [0.29, 0.717) is 29.4 Å². The number of carbonyl (C=O) groups excluding carboxylic acids is 1. The Labute approximate surface area is 143 Å². The highest BCUT2D eigenvalue weighted by Crippen LogP contribution is 2.31. The molecule has 1 amide bonds. The molecule has 0 saturated heterocycles. The van der Waals surface area contributed by atoms with Gasteiger partial charge in [0, 0.05) is 17.6 Å². The Morgan fingerprint density at radius 3 is 3.00 bits per heavy atom. The summed E-state index contributed by atoms with van der Waals surface area (Å²) in [5.74, 6) is 0.954. The van der Waals surface area contributed by atoms with Crippen molar-refractivity contribution in [3.8, 4) is 5.75 Å². The zero-order chi connectivity index (χ0) is 16.5. The van der Waals surface area contributed by atoms with Crippen molar-refractivity contribution < 1.29 is 9.53 Å². The molecule has 0 fully saturated rings. The van der Waals surface area contributed by atoms with Crippen molar-refractivity contribution in [3.63, 3.8) is 0 Å². The first-order valence-electron chi connectivity index (χ1n) is 7.50. The molecule has 7 heteroatoms. The van der Waals surface area contributed by atoms with E-state index < -0.39 is 6.10 Å². The number of nitrogens with one attached hydrogen (secondary N) is 1. The molecule has 0 bridgehead atoms. The Balaban J connectivity index is 1.37. The third-order valence-electron chi connectivity index (χ3n) is 3.84. The number of hydrogen-bond acceptors (Lipinski definition) is 5. The van der Waals surface area contributed by atoms with Crippen molar-refractivity contribution in [2.24, 2.45) is 10.2 Å². The molecule has 6 nitrogen and oxygen atoms in total. The van der Waals surface area contributed by atoms with Gasteiger partial charge in [-0.2, -0.15) is 5.10 Å². The average Bonchev–Trinajstić information content (AvgIpc) is 3.22. The second kappa shape index (κ2) is 6.05. The third kappa shape index (κ3) is 2.88. The molecule has 120 valence electrons. The van der Waals surface area contributed by atoms with Crippen LogP contribution in [0.25, 0.3) is 0 Å². The van der Waals surface area contributed by atoms with Crippen LogP contribution in [0.1, 0.15) is 17.7 Å². The SMILES string of the molecule is O=C(NC1=NN=C(c2ccccn2)C1)C1Cc2cc(Cl)ccc2O1. The number of hydrogen-bond donors (Lipinski definition) is 1. The monoisotopic (exact) mass is 340 g/mol. The second-order valence-electron chi connectivity index (χ2n) is 5.54. The second-order valence-corrected chi connectivity index (χ2v) is 5.97. The van der Waals surface area contributed by atoms with Crippen LogP contribution in [-0.4, -0.2) is 28.5 Å². The molecule has 0 spiro atoms. The number of halogens is 1. The van der Waals surface area contributed by atoms with Crippen molar-refractivity contribution in [1.82, 2.24) is 10.3 Å². The molecule has 1 aromatic carbocycles. The predicted molar refractivity (Wildman–Crippen MR) is 90.5 cm³/mol. The number of amidine groups is 1. The summed E-state index contributed by atoms with van der Waals surface area (Å²) in [6, 6.07) is 10.9. The molecule has 2 aliphatic rings. The Morgan fingerprint density at radius 2 is 2.17 bits per heavy atom. The standard InChI is InChI=1S/C17H13ClN4O2/c18-11-4-5-14-10(7-11)8-15(24-14)17(23)20-16-9-13(21-22-16)12-3-1-2-6-19-12/h1-7,15H,8-9H2,(H,20,22,23). The van der Waals surface area contributed by atoms with Gasteiger partial charge in [0.2, 0.25) is 0 Å². The van der Waals surface area contributed by atoms with E-state index in [2.05, 4.69) is 20.5 Å². The molecule has 1 atom stereocenters. The Kier molecular flexibility index (Phi) is 3.74. The molecule has 1 unspecified atom stereocenters. The number of carbonyl (C=O) groups is 1. The number of ether oxygens (including phenoxy) is 1. The molecular formula is C17H13ClN4O2. The lowest BCUT2D eigenvalue weighted by molar-refractivity contribution is -0.125. The van der Waals surface area contributed by atoms with Gasteiger partial charge in [0.25, 0.3) is 5.91 Å². The summed E-state index contributed by atoms with van der Waals surface area (Å²) < 4.78 is 5.67. The van der Waals surface area contributed by atoms with Crippen molar-refractivity contribution in [1.29, 1.82) is 0 Å². The number of rotatable bonds is 2. The molecule has 0 radical (unpaired) electrons. The first-order chi connectivity index (χ1) is 11.7. The fourth-order valence-corrected chi connectivity index (χ4v) is 2.88. The number of aromatic nitrogens is 1. The first-order valence-corrected chi connectivity index (χ1v) is 7.87. The van der Waals surface area contributed by atoms with E-state index in [0.717, 1.165) is 17.0 Å². The number of nitrogens with zero attached hydrogens (tertiary/aromatic N) is 3. The van der Waals surface area contributed by atoms with Crippen LogP contribution in [0.15, 0.2) is 52.8 Å². The van der Waals surface area contributed by atoms with Gasteiger partial charge in [0.15, 0.2) is 6.10 Å². The summed E-state index contributed by atoms with van der Waals surface area (Å²) in [6.07, 6.45) is 2.04. The lowest BCUT2D eigenvalue weighted by Gasteiger charge is -2.10. The van der Waals surface area contributed by atoms with Crippen LogP contribution >= 0.6 is 11.6 Å². The summed E-state index contributed by atoms with van der Waals surface area (Å²) in [5, 5.41) is 11.5. The molecule has 24 heavy (non-hydrogen) atoms. The van der Waals surface area contributed by atoms with E-state index >= 15 is 0 Å². The quantitative estimate of drug-likeness (QED) is 0.911. The van der Waals surface area contributed by atoms with Gasteiger partial charge in [-0.25, -0.2) is 0 Å². The summed E-state index contributed by atoms with van der Waals surface area (Å²) in [7, 11) is 0. The lowest BCUT2D eigenvalue weighted by atomic mass is 10.1. The minimum atomic E-state index is -0.583. The first kappa shape index (κ1) is 14.8. The van der Waals surface area contributed by atoms with E-state index in [9.17, 15) is 4.79 Å². The molecule has 1 N–H and O–H groups in total. The molecule has 4 rings (SSSR count). The smallest absolute Gasteiger partial charge is 0.266 e. The van der Waals surface area contributed by atoms with Crippen LogP contribution in [0.2, 0.25) is 5.02 Å². The summed E-state index contributed by atoms with van der Waals surface area (Å²) in [5.41, 5.74) is 2.42. The van der Waals surface area contributed by atoms with Gasteiger partial charge in [-0.15, -0.1) is 5.10 Å². The molecule has 1 aromatic heterocycles. The third-order valence-corrected chi connectivity index (χ3v) is 4.08. The van der Waals surface area contributed by atoms with Gasteiger partial charge in [-0.3, -0.25) is 9.78 Å². The zero-order valence-corrected chi connectivity index (χ0v) is 13.3. The molecule has 2 aliphatic heterocycles. The fourth-order valence-electron chi connectivity index (χ4n) is 2.68. The van der Waals surface area contributed by atoms with Crippen LogP contribution in [0.5, 0.6) is 5.75 Å². The summed E-state index contributed by atoms with van der Waals surface area (Å²) >= 11 is 5.97. The highest BCUT2D eigenvalue weighted by Gasteiger charge is 2.30. The number of pyridine rings is 1. The van der Waals surface area contributed by atoms with E-state index in [-0.39, 0.29) is 5.91 Å². The number of fused-ring (bicyclic) bond motifs is 1. The van der Waals surface area contributed by atoms with Crippen LogP contribution in [-0.2, 0) is 11.2 Å². The topological polar surface area (TPSA) is 75.9 Å². The van der Waals surface area contributed by atoms with Gasteiger partial charge >= 0.3 is 0 Å². The van der Waals surface area contributed by atoms with Gasteiger partial charge in [-0.1, -0.05) is 17.7 Å². The van der Waals surface area contributed by atoms with Gasteiger partial charge in [0.05, 0.1) is 17.8 Å². The average molecular weight is 341 g/mol. The highest BCUT2D eigenvalue weighted by molar-refractivity contribution is 6.30. The maximum absolute atomic E-state index is 12.4. The van der Waals surface area contributed by atoms with Crippen molar-refractivity contribution in [2.75, 3.05) is 0 Å². The maximum atomic E-state index is 12.4. The Bertz CT molecular complexity index is 864. The van der Waals surface area contributed by atoms with E-state index in [1.807, 2.05) is 24.3 Å². The van der Waals surface area contributed by atoms with Crippen LogP contribution in [0.3, 0.4) is 0 Å². The minimum absolute atomic E-state index is 0.237. The van der Waals surface area contributed by atoms with Crippen LogP contribution < -0.4 is 10.1 Å². The van der Waals surface area contributed by atoms with E-state index in [1.54, 1.807) is 18.3 Å². The lowest BCUT2D eigenvalue weighted by Crippen LogP contribution is -2.40. The predicted octanol–water partition coefficient (Wildman–Crippen LogP) is 2.36. The van der Waals surface area contributed by atoms with E-state index in [1.165, 1.54) is 0 Å². The Morgan fingerprint density at radius 1 is 1.25 bits per heavy atom. The van der Waals surface area contributed by atoms with E-state index in [4.69, 9.17) is 16.3 Å². The largest absolute Gasteiger partial charge is 0.480 e. The normalized spacial score (nSPS) is 18.5. The molecule has 0 aliphatic carbocycles. The number of amides is 1. The van der Waals surface area contributed by atoms with Gasteiger partial charge in [-0.05, 0) is 35.9 Å². The summed E-state index contributed by atoms with van der Waals surface area (Å²) in [4.78, 5) is 16.6. The molecular weight excluding hydrogens is 328 g/mol. The van der Waals surface area contributed by atoms with Crippen LogP contribution in [0.4, 0.5) is 0 Å². The molecule has 0 saturated carbocycles. The Hall–Kier alpha value is -2.73. The van der Waals surface area contributed by atoms with Crippen molar-refractivity contribution >= 4 is 29.1 Å². The number of benzene rings is 1. The van der Waals surface area contributed by atoms with Crippen molar-refractivity contribution in [2.45, 2.75) is 18.9 Å². The summed E-state index contributed by atoms with van der Waals surface area (Å²) in [6.45, 7) is 0.